The molecular formula is C14H11ClN4O. The molecule has 6 heteroatoms. The first-order valence-electron chi connectivity index (χ1n) is 6.03. The molecule has 0 radical (unpaired) electrons. The molecule has 0 bridgehead atoms. The molecule has 0 aliphatic carbocycles. The second-order valence-electron chi connectivity index (χ2n) is 4.10. The van der Waals surface area contributed by atoms with Gasteiger partial charge in [0.1, 0.15) is 0 Å². The van der Waals surface area contributed by atoms with E-state index in [1.807, 2.05) is 36.4 Å². The molecule has 0 amide bonds. The molecule has 0 aliphatic heterocycles. The highest BCUT2D eigenvalue weighted by Gasteiger charge is 2.07. The van der Waals surface area contributed by atoms with E-state index in [1.165, 1.54) is 0 Å². The zero-order valence-electron chi connectivity index (χ0n) is 10.5. The molecule has 0 fully saturated rings. The highest BCUT2D eigenvalue weighted by atomic mass is 35.5. The zero-order chi connectivity index (χ0) is 13.8. The van der Waals surface area contributed by atoms with Crippen LogP contribution in [0, 0.1) is 0 Å². The predicted molar refractivity (Wildman–Crippen MR) is 76.3 cm³/mol. The Morgan fingerprint density at radius 3 is 2.50 bits per heavy atom. The molecule has 2 heterocycles. The van der Waals surface area contributed by atoms with Gasteiger partial charge < -0.3 is 9.73 Å². The SMILES string of the molecule is Clc1ccc(NCc2nnc(-c3ccncc3)o2)cc1. The summed E-state index contributed by atoms with van der Waals surface area (Å²) in [7, 11) is 0. The monoisotopic (exact) mass is 286 g/mol. The van der Waals surface area contributed by atoms with Crippen LogP contribution < -0.4 is 5.32 Å². The largest absolute Gasteiger partial charge is 0.419 e. The van der Waals surface area contributed by atoms with E-state index in [0.717, 1.165) is 11.3 Å². The summed E-state index contributed by atoms with van der Waals surface area (Å²) in [4.78, 5) is 3.95. The van der Waals surface area contributed by atoms with E-state index < -0.39 is 0 Å². The lowest BCUT2D eigenvalue weighted by Crippen LogP contribution is -1.99. The number of nitrogens with zero attached hydrogens (tertiary/aromatic N) is 3. The van der Waals surface area contributed by atoms with Gasteiger partial charge in [-0.05, 0) is 36.4 Å². The van der Waals surface area contributed by atoms with Gasteiger partial charge in [0.2, 0.25) is 11.8 Å². The lowest BCUT2D eigenvalue weighted by molar-refractivity contribution is 0.515. The van der Waals surface area contributed by atoms with Crippen LogP contribution >= 0.6 is 11.6 Å². The summed E-state index contributed by atoms with van der Waals surface area (Å²) in [6.45, 7) is 0.458. The fourth-order valence-corrected chi connectivity index (χ4v) is 1.81. The lowest BCUT2D eigenvalue weighted by Gasteiger charge is -2.02. The number of anilines is 1. The summed E-state index contributed by atoms with van der Waals surface area (Å²) in [6, 6.07) is 11.1. The number of pyridine rings is 1. The Labute approximate surface area is 120 Å². The van der Waals surface area contributed by atoms with Crippen LogP contribution in [0.1, 0.15) is 5.89 Å². The van der Waals surface area contributed by atoms with Crippen LogP contribution in [0.4, 0.5) is 5.69 Å². The zero-order valence-corrected chi connectivity index (χ0v) is 11.2. The van der Waals surface area contributed by atoms with Crippen LogP contribution in [-0.4, -0.2) is 15.2 Å². The molecule has 1 N–H and O–H groups in total. The van der Waals surface area contributed by atoms with Gasteiger partial charge in [-0.15, -0.1) is 10.2 Å². The van der Waals surface area contributed by atoms with Crippen molar-refractivity contribution in [3.05, 3.63) is 59.7 Å². The maximum absolute atomic E-state index is 5.83. The van der Waals surface area contributed by atoms with Crippen LogP contribution in [-0.2, 0) is 6.54 Å². The van der Waals surface area contributed by atoms with Gasteiger partial charge in [-0.3, -0.25) is 4.98 Å². The summed E-state index contributed by atoms with van der Waals surface area (Å²) >= 11 is 5.83. The Hall–Kier alpha value is -2.40. The number of benzene rings is 1. The van der Waals surface area contributed by atoms with Gasteiger partial charge in [-0.25, -0.2) is 0 Å². The van der Waals surface area contributed by atoms with Crippen molar-refractivity contribution in [2.75, 3.05) is 5.32 Å². The highest BCUT2D eigenvalue weighted by molar-refractivity contribution is 6.30. The smallest absolute Gasteiger partial charge is 0.247 e. The molecule has 0 atom stereocenters. The van der Waals surface area contributed by atoms with Crippen LogP contribution in [0.5, 0.6) is 0 Å². The van der Waals surface area contributed by atoms with Crippen molar-refractivity contribution in [2.45, 2.75) is 6.54 Å². The van der Waals surface area contributed by atoms with Crippen molar-refractivity contribution in [2.24, 2.45) is 0 Å². The van der Waals surface area contributed by atoms with Crippen LogP contribution in [0.15, 0.2) is 53.2 Å². The van der Waals surface area contributed by atoms with E-state index in [-0.39, 0.29) is 0 Å². The minimum Gasteiger partial charge on any atom is -0.419 e. The van der Waals surface area contributed by atoms with Gasteiger partial charge in [0.25, 0.3) is 0 Å². The van der Waals surface area contributed by atoms with E-state index >= 15 is 0 Å². The minimum absolute atomic E-state index is 0.458. The summed E-state index contributed by atoms with van der Waals surface area (Å²) < 4.78 is 5.58. The highest BCUT2D eigenvalue weighted by Crippen LogP contribution is 2.17. The van der Waals surface area contributed by atoms with Crippen molar-refractivity contribution < 1.29 is 4.42 Å². The molecular weight excluding hydrogens is 276 g/mol. The molecule has 3 aromatic rings. The second-order valence-corrected chi connectivity index (χ2v) is 4.53. The Bertz CT molecular complexity index is 682. The van der Waals surface area contributed by atoms with E-state index in [0.29, 0.717) is 23.3 Å². The molecule has 2 aromatic heterocycles. The van der Waals surface area contributed by atoms with Crippen LogP contribution in [0.2, 0.25) is 5.02 Å². The Balaban J connectivity index is 1.67. The van der Waals surface area contributed by atoms with Gasteiger partial charge in [0.15, 0.2) is 0 Å². The van der Waals surface area contributed by atoms with E-state index in [4.69, 9.17) is 16.0 Å². The first kappa shape index (κ1) is 12.6. The van der Waals surface area contributed by atoms with Gasteiger partial charge >= 0.3 is 0 Å². The Kier molecular flexibility index (Phi) is 3.60. The molecule has 0 unspecified atom stereocenters. The first-order valence-corrected chi connectivity index (χ1v) is 6.41. The number of aromatic nitrogens is 3. The third-order valence-corrected chi connectivity index (χ3v) is 2.93. The number of hydrogen-bond acceptors (Lipinski definition) is 5. The standard InChI is InChI=1S/C14H11ClN4O/c15-11-1-3-12(4-2-11)17-9-13-18-19-14(20-13)10-5-7-16-8-6-10/h1-8,17H,9H2. The number of rotatable bonds is 4. The van der Waals surface area contributed by atoms with Crippen LogP contribution in [0.25, 0.3) is 11.5 Å². The molecule has 0 saturated carbocycles. The third kappa shape index (κ3) is 2.95. The summed E-state index contributed by atoms with van der Waals surface area (Å²) in [5.41, 5.74) is 1.79. The van der Waals surface area contributed by atoms with E-state index in [9.17, 15) is 0 Å². The Morgan fingerprint density at radius 1 is 1.00 bits per heavy atom. The van der Waals surface area contributed by atoms with Crippen LogP contribution in [0.3, 0.4) is 0 Å². The van der Waals surface area contributed by atoms with Crippen molar-refractivity contribution in [1.82, 2.24) is 15.2 Å². The lowest BCUT2D eigenvalue weighted by atomic mass is 10.3. The Morgan fingerprint density at radius 2 is 1.75 bits per heavy atom. The quantitative estimate of drug-likeness (QED) is 0.796. The topological polar surface area (TPSA) is 63.8 Å². The summed E-state index contributed by atoms with van der Waals surface area (Å²) in [5.74, 6) is 1.01. The molecule has 0 spiro atoms. The molecule has 0 saturated heterocycles. The fraction of sp³-hybridized carbons (Fsp3) is 0.0714. The molecule has 1 aromatic carbocycles. The molecule has 0 aliphatic rings. The first-order chi connectivity index (χ1) is 9.81. The third-order valence-electron chi connectivity index (χ3n) is 2.68. The van der Waals surface area contributed by atoms with E-state index in [1.54, 1.807) is 12.4 Å². The fourth-order valence-electron chi connectivity index (χ4n) is 1.68. The normalized spacial score (nSPS) is 10.4. The van der Waals surface area contributed by atoms with Gasteiger partial charge in [-0.1, -0.05) is 11.6 Å². The predicted octanol–water partition coefficient (Wildman–Crippen LogP) is 3.40. The van der Waals surface area contributed by atoms with Crippen molar-refractivity contribution >= 4 is 17.3 Å². The molecule has 100 valence electrons. The average molecular weight is 287 g/mol. The van der Waals surface area contributed by atoms with Crippen molar-refractivity contribution in [3.8, 4) is 11.5 Å². The summed E-state index contributed by atoms with van der Waals surface area (Å²) in [6.07, 6.45) is 3.37. The van der Waals surface area contributed by atoms with Crippen molar-refractivity contribution in [1.29, 1.82) is 0 Å². The maximum atomic E-state index is 5.83. The van der Waals surface area contributed by atoms with E-state index in [2.05, 4.69) is 20.5 Å². The minimum atomic E-state index is 0.458. The maximum Gasteiger partial charge on any atom is 0.247 e. The molecule has 3 rings (SSSR count). The second kappa shape index (κ2) is 5.71. The number of hydrogen-bond donors (Lipinski definition) is 1. The van der Waals surface area contributed by atoms with Gasteiger partial charge in [0, 0.05) is 28.7 Å². The molecule has 5 nitrogen and oxygen atoms in total. The molecule has 20 heavy (non-hydrogen) atoms. The number of halogens is 1. The number of nitrogens with one attached hydrogen (secondary N) is 1. The summed E-state index contributed by atoms with van der Waals surface area (Å²) in [5, 5.41) is 11.9. The average Bonchev–Trinajstić information content (AvgIpc) is 2.97. The van der Waals surface area contributed by atoms with Gasteiger partial charge in [-0.2, -0.15) is 0 Å². The van der Waals surface area contributed by atoms with Gasteiger partial charge in [0.05, 0.1) is 6.54 Å². The van der Waals surface area contributed by atoms with Crippen molar-refractivity contribution in [3.63, 3.8) is 0 Å².